The van der Waals surface area contributed by atoms with Crippen molar-refractivity contribution in [1.82, 2.24) is 15.0 Å². The molecular weight excluding hydrogens is 278 g/mol. The fraction of sp³-hybridized carbons (Fsp3) is 0.231. The number of carbonyl (C=O) groups excluding carboxylic acids is 1. The fourth-order valence-corrected chi connectivity index (χ4v) is 1.93. The van der Waals surface area contributed by atoms with Crippen LogP contribution in [-0.2, 0) is 6.54 Å². The topological polar surface area (TPSA) is 104 Å². The summed E-state index contributed by atoms with van der Waals surface area (Å²) in [5.41, 5.74) is 0.448. The van der Waals surface area contributed by atoms with Crippen molar-refractivity contribution in [2.75, 3.05) is 13.2 Å². The number of Topliss-reactive ketones (excluding diaryl/α,β-unsaturated/α-hetero) is 1. The van der Waals surface area contributed by atoms with Gasteiger partial charge in [0.05, 0.1) is 18.3 Å². The summed E-state index contributed by atoms with van der Waals surface area (Å²) in [5.74, 6) is -0.0728. The Morgan fingerprint density at radius 2 is 2.33 bits per heavy atom. The number of hydrogen-bond acceptors (Lipinski definition) is 6. The summed E-state index contributed by atoms with van der Waals surface area (Å²) in [5, 5.41) is 15.9. The van der Waals surface area contributed by atoms with Crippen LogP contribution in [0.4, 0.5) is 0 Å². The van der Waals surface area contributed by atoms with Crippen molar-refractivity contribution >= 4 is 11.8 Å². The number of aromatic carboxylic acids is 1. The second kappa shape index (κ2) is 5.23. The van der Waals surface area contributed by atoms with Gasteiger partial charge in [0, 0.05) is 6.07 Å². The summed E-state index contributed by atoms with van der Waals surface area (Å²) in [6, 6.07) is 5.01. The molecule has 2 aromatic rings. The Morgan fingerprint density at radius 3 is 3.10 bits per heavy atom. The Balaban J connectivity index is 1.58. The first-order valence-corrected chi connectivity index (χ1v) is 6.20. The zero-order valence-corrected chi connectivity index (χ0v) is 10.9. The van der Waals surface area contributed by atoms with Crippen LogP contribution in [0, 0.1) is 0 Å². The minimum atomic E-state index is -1.12. The Kier molecular flexibility index (Phi) is 3.27. The first kappa shape index (κ1) is 13.1. The highest BCUT2D eigenvalue weighted by molar-refractivity contribution is 6.02. The van der Waals surface area contributed by atoms with Crippen molar-refractivity contribution in [3.8, 4) is 11.5 Å². The van der Waals surface area contributed by atoms with Crippen LogP contribution < -0.4 is 9.47 Å². The van der Waals surface area contributed by atoms with Gasteiger partial charge >= 0.3 is 5.97 Å². The van der Waals surface area contributed by atoms with Gasteiger partial charge in [-0.2, -0.15) is 0 Å². The monoisotopic (exact) mass is 289 g/mol. The molecule has 8 heteroatoms. The van der Waals surface area contributed by atoms with Crippen molar-refractivity contribution in [2.24, 2.45) is 0 Å². The summed E-state index contributed by atoms with van der Waals surface area (Å²) in [6.45, 7) is 0.710. The number of carbonyl (C=O) groups is 2. The lowest BCUT2D eigenvalue weighted by molar-refractivity contribution is 0.0690. The number of carboxylic acids is 1. The van der Waals surface area contributed by atoms with Gasteiger partial charge in [0.15, 0.2) is 12.3 Å². The molecule has 1 aromatic carbocycles. The first-order chi connectivity index (χ1) is 10.1. The molecule has 0 spiro atoms. The van der Waals surface area contributed by atoms with Gasteiger partial charge in [0.25, 0.3) is 0 Å². The summed E-state index contributed by atoms with van der Waals surface area (Å²) in [6.07, 6.45) is 1.33. The number of hydrogen-bond donors (Lipinski definition) is 1. The molecule has 0 atom stereocenters. The van der Waals surface area contributed by atoms with Gasteiger partial charge in [-0.25, -0.2) is 9.48 Å². The number of aromatic nitrogens is 3. The summed E-state index contributed by atoms with van der Waals surface area (Å²) in [4.78, 5) is 22.1. The summed E-state index contributed by atoms with van der Waals surface area (Å²) >= 11 is 0. The van der Waals surface area contributed by atoms with Gasteiger partial charge in [-0.15, -0.1) is 5.10 Å². The molecule has 8 nitrogen and oxygen atoms in total. The predicted molar refractivity (Wildman–Crippen MR) is 68.7 cm³/mol. The van der Waals surface area contributed by atoms with Crippen LogP contribution >= 0.6 is 0 Å². The molecule has 1 N–H and O–H groups in total. The van der Waals surface area contributed by atoms with Gasteiger partial charge in [0.2, 0.25) is 5.78 Å². The lowest BCUT2D eigenvalue weighted by Crippen LogP contribution is -2.08. The molecule has 0 saturated heterocycles. The van der Waals surface area contributed by atoms with E-state index >= 15 is 0 Å². The average molecular weight is 289 g/mol. The smallest absolute Gasteiger partial charge is 0.358 e. The van der Waals surface area contributed by atoms with Crippen LogP contribution in [0.3, 0.4) is 0 Å². The molecule has 1 aliphatic rings. The molecule has 0 aliphatic carbocycles. The second-order valence-electron chi connectivity index (χ2n) is 4.39. The molecule has 108 valence electrons. The maximum Gasteiger partial charge on any atom is 0.358 e. The Bertz CT molecular complexity index is 710. The van der Waals surface area contributed by atoms with Crippen molar-refractivity contribution in [1.29, 1.82) is 0 Å². The number of ether oxygens (including phenoxy) is 2. The third-order valence-corrected chi connectivity index (χ3v) is 2.96. The van der Waals surface area contributed by atoms with Crippen LogP contribution in [0.15, 0.2) is 24.4 Å². The third-order valence-electron chi connectivity index (χ3n) is 2.96. The molecule has 1 aromatic heterocycles. The third kappa shape index (κ3) is 2.69. The summed E-state index contributed by atoms with van der Waals surface area (Å²) in [7, 11) is 0. The SMILES string of the molecule is O=C(O)c1cn(CCOc2ccc3c(c2)OCC3=O)nn1. The van der Waals surface area contributed by atoms with Crippen LogP contribution in [0.5, 0.6) is 11.5 Å². The van der Waals surface area contributed by atoms with E-state index in [-0.39, 0.29) is 24.7 Å². The lowest BCUT2D eigenvalue weighted by atomic mass is 10.1. The molecule has 21 heavy (non-hydrogen) atoms. The standard InChI is InChI=1S/C13H11N3O5/c17-11-7-21-12-5-8(1-2-9(11)12)20-4-3-16-6-10(13(18)19)14-15-16/h1-2,5-6H,3-4,7H2,(H,18,19). The lowest BCUT2D eigenvalue weighted by Gasteiger charge is -2.07. The Labute approximate surface area is 118 Å². The maximum absolute atomic E-state index is 11.4. The number of carboxylic acid groups (broad SMARTS) is 1. The van der Waals surface area contributed by atoms with E-state index < -0.39 is 5.97 Å². The van der Waals surface area contributed by atoms with Gasteiger partial charge in [-0.05, 0) is 12.1 Å². The van der Waals surface area contributed by atoms with E-state index in [1.807, 2.05) is 0 Å². The molecule has 0 saturated carbocycles. The molecule has 3 rings (SSSR count). The minimum absolute atomic E-state index is 0.0413. The highest BCUT2D eigenvalue weighted by Crippen LogP contribution is 2.29. The van der Waals surface area contributed by atoms with Gasteiger partial charge in [0.1, 0.15) is 18.1 Å². The van der Waals surface area contributed by atoms with Crippen molar-refractivity contribution in [3.63, 3.8) is 0 Å². The molecule has 1 aliphatic heterocycles. The molecule has 2 heterocycles. The summed E-state index contributed by atoms with van der Waals surface area (Å²) < 4.78 is 12.1. The number of ketones is 1. The minimum Gasteiger partial charge on any atom is -0.492 e. The number of fused-ring (bicyclic) bond motifs is 1. The van der Waals surface area contributed by atoms with E-state index in [1.165, 1.54) is 10.9 Å². The van der Waals surface area contributed by atoms with Crippen molar-refractivity contribution in [3.05, 3.63) is 35.7 Å². The number of benzene rings is 1. The number of nitrogens with zero attached hydrogens (tertiary/aromatic N) is 3. The fourth-order valence-electron chi connectivity index (χ4n) is 1.93. The highest BCUT2D eigenvalue weighted by atomic mass is 16.5. The van der Waals surface area contributed by atoms with Gasteiger partial charge in [-0.3, -0.25) is 4.79 Å². The largest absolute Gasteiger partial charge is 0.492 e. The van der Waals surface area contributed by atoms with Gasteiger partial charge in [-0.1, -0.05) is 5.21 Å². The highest BCUT2D eigenvalue weighted by Gasteiger charge is 2.21. The van der Waals surface area contributed by atoms with E-state index in [0.717, 1.165) is 0 Å². The maximum atomic E-state index is 11.4. The molecule has 0 unspecified atom stereocenters. The van der Waals surface area contributed by atoms with Crippen LogP contribution in [0.2, 0.25) is 0 Å². The predicted octanol–water partition coefficient (Wildman–Crippen LogP) is 0.630. The van der Waals surface area contributed by atoms with E-state index in [2.05, 4.69) is 10.3 Å². The Morgan fingerprint density at radius 1 is 1.48 bits per heavy atom. The van der Waals surface area contributed by atoms with Crippen molar-refractivity contribution < 1.29 is 24.2 Å². The normalized spacial score (nSPS) is 12.9. The van der Waals surface area contributed by atoms with Crippen LogP contribution in [0.25, 0.3) is 0 Å². The average Bonchev–Trinajstić information content (AvgIpc) is 3.07. The second-order valence-corrected chi connectivity index (χ2v) is 4.39. The van der Waals surface area contributed by atoms with E-state index in [4.69, 9.17) is 14.6 Å². The molecule has 0 amide bonds. The van der Waals surface area contributed by atoms with Gasteiger partial charge < -0.3 is 14.6 Å². The zero-order valence-electron chi connectivity index (χ0n) is 10.9. The first-order valence-electron chi connectivity index (χ1n) is 6.20. The van der Waals surface area contributed by atoms with E-state index in [0.29, 0.717) is 23.6 Å². The Hall–Kier alpha value is -2.90. The quantitative estimate of drug-likeness (QED) is 0.860. The van der Waals surface area contributed by atoms with Crippen LogP contribution in [0.1, 0.15) is 20.8 Å². The molecule has 0 bridgehead atoms. The van der Waals surface area contributed by atoms with Crippen molar-refractivity contribution in [2.45, 2.75) is 6.54 Å². The zero-order chi connectivity index (χ0) is 14.8. The van der Waals surface area contributed by atoms with E-state index in [9.17, 15) is 9.59 Å². The molecule has 0 radical (unpaired) electrons. The molecule has 0 fully saturated rings. The van der Waals surface area contributed by atoms with E-state index in [1.54, 1.807) is 18.2 Å². The van der Waals surface area contributed by atoms with Crippen LogP contribution in [-0.4, -0.2) is 45.1 Å². The molecular formula is C13H11N3O5. The number of rotatable bonds is 5.